The van der Waals surface area contributed by atoms with Crippen molar-refractivity contribution in [1.29, 1.82) is 0 Å². The SMILES string of the molecule is C[C@H]1c2c(Cl)cc(Cl)cc2CCN1C(=O)[C@H]1CN(c2cncc([N+](=O)[O-])c2N)CCO1. The Morgan fingerprint density at radius 1 is 1.32 bits per heavy atom. The van der Waals surface area contributed by atoms with Gasteiger partial charge in [0.25, 0.3) is 5.91 Å². The molecule has 11 heteroatoms. The number of ether oxygens (including phenoxy) is 1. The maximum Gasteiger partial charge on any atom is 0.312 e. The summed E-state index contributed by atoms with van der Waals surface area (Å²) in [5.41, 5.74) is 8.11. The second-order valence-electron chi connectivity index (χ2n) is 7.57. The average molecular weight is 466 g/mol. The van der Waals surface area contributed by atoms with Crippen molar-refractivity contribution in [3.8, 4) is 0 Å². The van der Waals surface area contributed by atoms with Crippen molar-refractivity contribution in [3.63, 3.8) is 0 Å². The fourth-order valence-electron chi connectivity index (χ4n) is 4.25. The minimum absolute atomic E-state index is 0.0250. The average Bonchev–Trinajstić information content (AvgIpc) is 2.73. The van der Waals surface area contributed by atoms with Gasteiger partial charge in [-0.05, 0) is 36.6 Å². The second-order valence-corrected chi connectivity index (χ2v) is 8.42. The summed E-state index contributed by atoms with van der Waals surface area (Å²) in [6, 6.07) is 3.34. The number of nitrogens with zero attached hydrogens (tertiary/aromatic N) is 4. The lowest BCUT2D eigenvalue weighted by atomic mass is 9.93. The first-order valence-corrected chi connectivity index (χ1v) is 10.6. The van der Waals surface area contributed by atoms with E-state index in [9.17, 15) is 14.9 Å². The highest BCUT2D eigenvalue weighted by atomic mass is 35.5. The van der Waals surface area contributed by atoms with Gasteiger partial charge in [-0.1, -0.05) is 23.2 Å². The molecule has 9 nitrogen and oxygen atoms in total. The first-order chi connectivity index (χ1) is 14.8. The predicted molar refractivity (Wildman–Crippen MR) is 118 cm³/mol. The second kappa shape index (κ2) is 8.49. The molecule has 1 saturated heterocycles. The third kappa shape index (κ3) is 4.00. The van der Waals surface area contributed by atoms with Gasteiger partial charge in [-0.2, -0.15) is 0 Å². The number of hydrogen-bond acceptors (Lipinski definition) is 7. The van der Waals surface area contributed by atoms with Crippen LogP contribution in [-0.4, -0.2) is 53.1 Å². The van der Waals surface area contributed by atoms with Gasteiger partial charge in [-0.15, -0.1) is 0 Å². The normalized spacial score (nSPS) is 21.0. The summed E-state index contributed by atoms with van der Waals surface area (Å²) in [5.74, 6) is -0.161. The summed E-state index contributed by atoms with van der Waals surface area (Å²) < 4.78 is 5.77. The van der Waals surface area contributed by atoms with Gasteiger partial charge in [-0.25, -0.2) is 0 Å². The molecular formula is C20H21Cl2N5O4. The van der Waals surface area contributed by atoms with Crippen LogP contribution in [0.15, 0.2) is 24.5 Å². The van der Waals surface area contributed by atoms with E-state index in [4.69, 9.17) is 33.7 Å². The number of nitro groups is 1. The van der Waals surface area contributed by atoms with Gasteiger partial charge in [0.05, 0.1) is 36.0 Å². The number of benzene rings is 1. The lowest BCUT2D eigenvalue weighted by Crippen LogP contribution is -2.53. The lowest BCUT2D eigenvalue weighted by molar-refractivity contribution is -0.384. The summed E-state index contributed by atoms with van der Waals surface area (Å²) in [6.45, 7) is 3.40. The Morgan fingerprint density at radius 3 is 2.84 bits per heavy atom. The van der Waals surface area contributed by atoms with E-state index in [1.54, 1.807) is 15.9 Å². The van der Waals surface area contributed by atoms with Crippen molar-refractivity contribution in [1.82, 2.24) is 9.88 Å². The molecule has 2 atom stereocenters. The van der Waals surface area contributed by atoms with E-state index in [0.29, 0.717) is 35.2 Å². The molecule has 1 amide bonds. The van der Waals surface area contributed by atoms with Gasteiger partial charge in [0.1, 0.15) is 11.9 Å². The highest BCUT2D eigenvalue weighted by molar-refractivity contribution is 6.35. The number of pyridine rings is 1. The molecule has 0 radical (unpaired) electrons. The molecule has 1 aromatic carbocycles. The molecule has 2 aliphatic rings. The number of nitrogen functional groups attached to an aromatic ring is 1. The topological polar surface area (TPSA) is 115 Å². The number of amides is 1. The monoisotopic (exact) mass is 465 g/mol. The van der Waals surface area contributed by atoms with E-state index in [-0.39, 0.29) is 36.5 Å². The number of halogens is 2. The summed E-state index contributed by atoms with van der Waals surface area (Å²) in [7, 11) is 0. The van der Waals surface area contributed by atoms with E-state index in [1.165, 1.54) is 6.20 Å². The van der Waals surface area contributed by atoms with Gasteiger partial charge in [0.2, 0.25) is 0 Å². The van der Waals surface area contributed by atoms with E-state index >= 15 is 0 Å². The zero-order chi connectivity index (χ0) is 22.3. The van der Waals surface area contributed by atoms with Crippen molar-refractivity contribution < 1.29 is 14.5 Å². The standard InChI is InChI=1S/C20H21Cl2N5O4/c1-11-18-12(6-13(21)7-14(18)22)2-3-26(11)20(28)17-10-25(4-5-31-17)15-8-24-9-16(19(15)23)27(29)30/h6-9,11,17H,2-5,10H2,1H3,(H2,23,24)/t11-,17+/m0/s1. The third-order valence-corrected chi connectivity index (χ3v) is 6.33. The van der Waals surface area contributed by atoms with Crippen LogP contribution in [0, 0.1) is 10.1 Å². The molecule has 1 aromatic heterocycles. The summed E-state index contributed by atoms with van der Waals surface area (Å²) in [4.78, 5) is 31.4. The maximum atomic E-state index is 13.3. The minimum Gasteiger partial charge on any atom is -0.391 e. The van der Waals surface area contributed by atoms with Crippen LogP contribution in [0.4, 0.5) is 17.1 Å². The smallest absolute Gasteiger partial charge is 0.312 e. The molecule has 31 heavy (non-hydrogen) atoms. The number of carbonyl (C=O) groups excluding carboxylic acids is 1. The van der Waals surface area contributed by atoms with E-state index in [0.717, 1.165) is 17.3 Å². The Kier molecular flexibility index (Phi) is 5.92. The number of nitrogens with two attached hydrogens (primary N) is 1. The van der Waals surface area contributed by atoms with Crippen LogP contribution in [0.25, 0.3) is 0 Å². The van der Waals surface area contributed by atoms with Crippen molar-refractivity contribution in [2.45, 2.75) is 25.5 Å². The van der Waals surface area contributed by atoms with E-state index < -0.39 is 11.0 Å². The zero-order valence-electron chi connectivity index (χ0n) is 16.8. The molecule has 0 unspecified atom stereocenters. The molecule has 2 aromatic rings. The molecule has 164 valence electrons. The Balaban J connectivity index is 1.55. The molecule has 0 aliphatic carbocycles. The highest BCUT2D eigenvalue weighted by Crippen LogP contribution is 2.38. The van der Waals surface area contributed by atoms with Crippen LogP contribution in [-0.2, 0) is 16.0 Å². The van der Waals surface area contributed by atoms with Crippen LogP contribution in [0.3, 0.4) is 0 Å². The summed E-state index contributed by atoms with van der Waals surface area (Å²) in [6.07, 6.45) is 2.50. The maximum absolute atomic E-state index is 13.3. The Morgan fingerprint density at radius 2 is 2.10 bits per heavy atom. The molecule has 2 aliphatic heterocycles. The first kappa shape index (κ1) is 21.6. The number of hydrogen-bond donors (Lipinski definition) is 1. The zero-order valence-corrected chi connectivity index (χ0v) is 18.3. The van der Waals surface area contributed by atoms with E-state index in [1.807, 2.05) is 13.0 Å². The fraction of sp³-hybridized carbons (Fsp3) is 0.400. The third-order valence-electron chi connectivity index (χ3n) is 5.80. The highest BCUT2D eigenvalue weighted by Gasteiger charge is 2.37. The Labute approximate surface area is 188 Å². The predicted octanol–water partition coefficient (Wildman–Crippen LogP) is 3.23. The van der Waals surface area contributed by atoms with Crippen LogP contribution < -0.4 is 10.6 Å². The van der Waals surface area contributed by atoms with Crippen LogP contribution >= 0.6 is 23.2 Å². The van der Waals surface area contributed by atoms with Crippen molar-refractivity contribution in [3.05, 3.63) is 55.8 Å². The summed E-state index contributed by atoms with van der Waals surface area (Å²) in [5, 5.41) is 12.3. The quantitative estimate of drug-likeness (QED) is 0.546. The number of carbonyl (C=O) groups is 1. The minimum atomic E-state index is -0.734. The van der Waals surface area contributed by atoms with Crippen LogP contribution in [0.2, 0.25) is 10.0 Å². The molecular weight excluding hydrogens is 445 g/mol. The molecule has 2 N–H and O–H groups in total. The molecule has 0 spiro atoms. The van der Waals surface area contributed by atoms with Crippen LogP contribution in [0.1, 0.15) is 24.1 Å². The molecule has 3 heterocycles. The Hall–Kier alpha value is -2.62. The number of fused-ring (bicyclic) bond motifs is 1. The number of anilines is 2. The molecule has 0 bridgehead atoms. The summed E-state index contributed by atoms with van der Waals surface area (Å²) >= 11 is 12.5. The van der Waals surface area contributed by atoms with Gasteiger partial charge in [-0.3, -0.25) is 19.9 Å². The van der Waals surface area contributed by atoms with Gasteiger partial charge in [0, 0.05) is 23.1 Å². The van der Waals surface area contributed by atoms with Crippen molar-refractivity contribution in [2.75, 3.05) is 36.9 Å². The number of rotatable bonds is 3. The van der Waals surface area contributed by atoms with Gasteiger partial charge in [0.15, 0.2) is 6.10 Å². The molecule has 4 rings (SSSR count). The number of aromatic nitrogens is 1. The van der Waals surface area contributed by atoms with Gasteiger partial charge >= 0.3 is 5.69 Å². The fourth-order valence-corrected chi connectivity index (χ4v) is 4.95. The molecule has 0 saturated carbocycles. The van der Waals surface area contributed by atoms with E-state index in [2.05, 4.69) is 4.98 Å². The lowest BCUT2D eigenvalue weighted by Gasteiger charge is -2.40. The van der Waals surface area contributed by atoms with Crippen molar-refractivity contribution >= 4 is 46.2 Å². The number of morpholine rings is 1. The van der Waals surface area contributed by atoms with Gasteiger partial charge < -0.3 is 20.3 Å². The molecule has 1 fully saturated rings. The first-order valence-electron chi connectivity index (χ1n) is 9.80. The Bertz CT molecular complexity index is 1050. The largest absolute Gasteiger partial charge is 0.391 e. The van der Waals surface area contributed by atoms with Crippen LogP contribution in [0.5, 0.6) is 0 Å². The van der Waals surface area contributed by atoms with Crippen molar-refractivity contribution in [2.24, 2.45) is 0 Å².